The molecule has 0 heterocycles. The average molecular weight is 216 g/mol. The number of carbonyl (C=O) groups is 1. The van der Waals surface area contributed by atoms with E-state index in [0.29, 0.717) is 4.47 Å². The largest absolute Gasteiger partial charge is 0.507 e. The Hall–Kier alpha value is -1.03. The second-order valence-corrected chi connectivity index (χ2v) is 2.94. The highest BCUT2D eigenvalue weighted by Gasteiger charge is 2.06. The van der Waals surface area contributed by atoms with Crippen molar-refractivity contribution in [2.75, 3.05) is 0 Å². The minimum atomic E-state index is -0.635. The fraction of sp³-hybridized carbons (Fsp3) is 0. The van der Waals surface area contributed by atoms with E-state index in [2.05, 4.69) is 15.9 Å². The van der Waals surface area contributed by atoms with Crippen molar-refractivity contribution < 1.29 is 9.90 Å². The van der Waals surface area contributed by atoms with Crippen LogP contribution in [0, 0.1) is 0 Å². The summed E-state index contributed by atoms with van der Waals surface area (Å²) in [6.45, 7) is 0. The molecule has 1 amide bonds. The lowest BCUT2D eigenvalue weighted by Gasteiger charge is -1.98. The highest BCUT2D eigenvalue weighted by molar-refractivity contribution is 9.10. The van der Waals surface area contributed by atoms with Crippen LogP contribution in [0.5, 0.6) is 5.75 Å². The third kappa shape index (κ3) is 1.71. The molecule has 58 valence electrons. The summed E-state index contributed by atoms with van der Waals surface area (Å²) >= 11 is 3.15. The van der Waals surface area contributed by atoms with Gasteiger partial charge in [-0.25, -0.2) is 0 Å². The van der Waals surface area contributed by atoms with Crippen LogP contribution >= 0.6 is 15.9 Å². The Morgan fingerprint density at radius 2 is 2.18 bits per heavy atom. The van der Waals surface area contributed by atoms with E-state index < -0.39 is 5.91 Å². The van der Waals surface area contributed by atoms with Crippen LogP contribution in [0.1, 0.15) is 10.4 Å². The number of hydrogen-bond donors (Lipinski definition) is 2. The number of carbonyl (C=O) groups excluding carboxylic acids is 1. The van der Waals surface area contributed by atoms with Crippen molar-refractivity contribution in [3.05, 3.63) is 28.2 Å². The topological polar surface area (TPSA) is 63.3 Å². The zero-order chi connectivity index (χ0) is 8.43. The maximum Gasteiger partial charge on any atom is 0.252 e. The quantitative estimate of drug-likeness (QED) is 0.741. The summed E-state index contributed by atoms with van der Waals surface area (Å²) in [5.74, 6) is -0.732. The number of rotatable bonds is 1. The van der Waals surface area contributed by atoms with E-state index in [4.69, 9.17) is 10.8 Å². The van der Waals surface area contributed by atoms with Gasteiger partial charge in [-0.2, -0.15) is 0 Å². The first kappa shape index (κ1) is 8.07. The van der Waals surface area contributed by atoms with Crippen LogP contribution in [-0.2, 0) is 0 Å². The summed E-state index contributed by atoms with van der Waals surface area (Å²) in [5.41, 5.74) is 5.09. The molecule has 0 fully saturated rings. The van der Waals surface area contributed by atoms with Crippen LogP contribution in [0.25, 0.3) is 0 Å². The van der Waals surface area contributed by atoms with Crippen molar-refractivity contribution in [2.45, 2.75) is 0 Å². The fourth-order valence-corrected chi connectivity index (χ4v) is 1.07. The molecule has 0 bridgehead atoms. The predicted molar refractivity (Wildman–Crippen MR) is 44.3 cm³/mol. The Bertz CT molecular complexity index is 298. The van der Waals surface area contributed by atoms with Gasteiger partial charge in [-0.3, -0.25) is 4.79 Å². The molecule has 0 radical (unpaired) electrons. The predicted octanol–water partition coefficient (Wildman–Crippen LogP) is 1.25. The van der Waals surface area contributed by atoms with E-state index in [1.807, 2.05) is 0 Å². The molecule has 0 spiro atoms. The van der Waals surface area contributed by atoms with Crippen molar-refractivity contribution in [1.29, 1.82) is 0 Å². The molecule has 0 unspecified atom stereocenters. The lowest BCUT2D eigenvalue weighted by atomic mass is 10.2. The molecule has 0 atom stereocenters. The normalized spacial score (nSPS) is 9.55. The lowest BCUT2D eigenvalue weighted by Crippen LogP contribution is -2.10. The third-order valence-corrected chi connectivity index (χ3v) is 1.72. The van der Waals surface area contributed by atoms with Crippen molar-refractivity contribution in [2.24, 2.45) is 5.73 Å². The van der Waals surface area contributed by atoms with Crippen LogP contribution < -0.4 is 5.73 Å². The van der Waals surface area contributed by atoms with E-state index in [9.17, 15) is 4.79 Å². The first-order chi connectivity index (χ1) is 5.11. The van der Waals surface area contributed by atoms with Crippen LogP contribution in [0.3, 0.4) is 0 Å². The van der Waals surface area contributed by atoms with E-state index >= 15 is 0 Å². The van der Waals surface area contributed by atoms with Gasteiger partial charge in [-0.15, -0.1) is 0 Å². The van der Waals surface area contributed by atoms with E-state index in [-0.39, 0.29) is 11.3 Å². The van der Waals surface area contributed by atoms with Gasteiger partial charge in [-0.05, 0) is 18.2 Å². The standard InChI is InChI=1S/C7H6BrNO2/c8-4-1-2-6(10)5(3-4)7(9)11/h1-3,10H,(H2,9,11). The van der Waals surface area contributed by atoms with Crippen molar-refractivity contribution in [3.63, 3.8) is 0 Å². The summed E-state index contributed by atoms with van der Waals surface area (Å²) in [5, 5.41) is 9.08. The van der Waals surface area contributed by atoms with Crippen molar-refractivity contribution >= 4 is 21.8 Å². The van der Waals surface area contributed by atoms with Gasteiger partial charge < -0.3 is 10.8 Å². The van der Waals surface area contributed by atoms with Gasteiger partial charge in [0.05, 0.1) is 5.56 Å². The maximum atomic E-state index is 10.6. The monoisotopic (exact) mass is 215 g/mol. The van der Waals surface area contributed by atoms with Gasteiger partial charge in [0.1, 0.15) is 5.75 Å². The zero-order valence-electron chi connectivity index (χ0n) is 5.54. The molecule has 0 aliphatic rings. The van der Waals surface area contributed by atoms with Crippen LogP contribution in [0.4, 0.5) is 0 Å². The smallest absolute Gasteiger partial charge is 0.252 e. The molecule has 1 aromatic rings. The molecule has 3 nitrogen and oxygen atoms in total. The molecule has 0 saturated carbocycles. The molecule has 4 heteroatoms. The van der Waals surface area contributed by atoms with Crippen LogP contribution in [-0.4, -0.2) is 11.0 Å². The van der Waals surface area contributed by atoms with Crippen molar-refractivity contribution in [3.8, 4) is 5.75 Å². The molecule has 11 heavy (non-hydrogen) atoms. The Balaban J connectivity index is 3.23. The first-order valence-electron chi connectivity index (χ1n) is 2.89. The Labute approximate surface area is 72.0 Å². The highest BCUT2D eigenvalue weighted by atomic mass is 79.9. The van der Waals surface area contributed by atoms with Gasteiger partial charge in [0.15, 0.2) is 0 Å². The van der Waals surface area contributed by atoms with E-state index in [1.165, 1.54) is 12.1 Å². The molecule has 1 rings (SSSR count). The Kier molecular flexibility index (Phi) is 2.14. The molecule has 3 N–H and O–H groups in total. The number of amides is 1. The Morgan fingerprint density at radius 1 is 1.55 bits per heavy atom. The summed E-state index contributed by atoms with van der Waals surface area (Å²) in [6, 6.07) is 4.50. The SMILES string of the molecule is NC(=O)c1cc(Br)ccc1O. The second-order valence-electron chi connectivity index (χ2n) is 2.03. The minimum Gasteiger partial charge on any atom is -0.507 e. The number of hydrogen-bond acceptors (Lipinski definition) is 2. The van der Waals surface area contributed by atoms with Crippen LogP contribution in [0.15, 0.2) is 22.7 Å². The van der Waals surface area contributed by atoms with Gasteiger partial charge in [-0.1, -0.05) is 15.9 Å². The molecular formula is C7H6BrNO2. The third-order valence-electron chi connectivity index (χ3n) is 1.22. The lowest BCUT2D eigenvalue weighted by molar-refractivity contribution is 0.0997. The minimum absolute atomic E-state index is 0.0966. The molecular weight excluding hydrogens is 210 g/mol. The second kappa shape index (κ2) is 2.92. The molecule has 0 aliphatic heterocycles. The molecule has 1 aromatic carbocycles. The number of halogens is 1. The van der Waals surface area contributed by atoms with Gasteiger partial charge in [0.25, 0.3) is 5.91 Å². The zero-order valence-corrected chi connectivity index (χ0v) is 7.13. The summed E-state index contributed by atoms with van der Waals surface area (Å²) in [6.07, 6.45) is 0. The van der Waals surface area contributed by atoms with Gasteiger partial charge >= 0.3 is 0 Å². The number of benzene rings is 1. The molecule has 0 aromatic heterocycles. The van der Waals surface area contributed by atoms with E-state index in [1.54, 1.807) is 6.07 Å². The number of nitrogens with two attached hydrogens (primary N) is 1. The fourth-order valence-electron chi connectivity index (χ4n) is 0.706. The maximum absolute atomic E-state index is 10.6. The van der Waals surface area contributed by atoms with Gasteiger partial charge in [0.2, 0.25) is 0 Å². The number of phenols is 1. The summed E-state index contributed by atoms with van der Waals surface area (Å²) in [4.78, 5) is 10.6. The summed E-state index contributed by atoms with van der Waals surface area (Å²) < 4.78 is 0.712. The van der Waals surface area contributed by atoms with Crippen LogP contribution in [0.2, 0.25) is 0 Å². The first-order valence-corrected chi connectivity index (χ1v) is 3.69. The Morgan fingerprint density at radius 3 is 2.64 bits per heavy atom. The average Bonchev–Trinajstić information content (AvgIpc) is 1.94. The van der Waals surface area contributed by atoms with Gasteiger partial charge in [0, 0.05) is 4.47 Å². The molecule has 0 aliphatic carbocycles. The van der Waals surface area contributed by atoms with E-state index in [0.717, 1.165) is 0 Å². The summed E-state index contributed by atoms with van der Waals surface area (Å²) in [7, 11) is 0. The highest BCUT2D eigenvalue weighted by Crippen LogP contribution is 2.20. The van der Waals surface area contributed by atoms with Crippen molar-refractivity contribution in [1.82, 2.24) is 0 Å². The number of aromatic hydroxyl groups is 1. The number of primary amides is 1. The molecule has 0 saturated heterocycles.